The molecule has 0 fully saturated rings. The van der Waals surface area contributed by atoms with Gasteiger partial charge < -0.3 is 19.8 Å². The molecule has 0 aliphatic heterocycles. The van der Waals surface area contributed by atoms with Gasteiger partial charge in [0.15, 0.2) is 5.75 Å². The molecule has 5 nitrogen and oxygen atoms in total. The van der Waals surface area contributed by atoms with Gasteiger partial charge in [0, 0.05) is 17.6 Å². The second-order valence-corrected chi connectivity index (χ2v) is 8.63. The van der Waals surface area contributed by atoms with Crippen LogP contribution in [0.25, 0.3) is 10.9 Å². The van der Waals surface area contributed by atoms with Crippen LogP contribution < -0.4 is 20.8 Å². The summed E-state index contributed by atoms with van der Waals surface area (Å²) in [6.45, 7) is 12.1. The Kier molecular flexibility index (Phi) is 10.4. The molecule has 0 unspecified atom stereocenters. The molecule has 0 bridgehead atoms. The lowest BCUT2D eigenvalue weighted by atomic mass is 10.1. The number of anilines is 1. The average Bonchev–Trinajstić information content (AvgIpc) is 2.75. The third-order valence-corrected chi connectivity index (χ3v) is 5.43. The summed E-state index contributed by atoms with van der Waals surface area (Å²) < 4.78 is 14.0. The van der Waals surface area contributed by atoms with Crippen molar-refractivity contribution in [1.29, 1.82) is 0 Å². The maximum absolute atomic E-state index is 13.5. The smallest absolute Gasteiger partial charge is 0.297 e. The fraction of sp³-hybridized carbons (Fsp3) is 0.519. The predicted octanol–water partition coefficient (Wildman–Crippen LogP) is 6.63. The predicted molar refractivity (Wildman–Crippen MR) is 136 cm³/mol. The summed E-state index contributed by atoms with van der Waals surface area (Å²) in [5.74, 6) is 0.824. The summed E-state index contributed by atoms with van der Waals surface area (Å²) in [4.78, 5) is 13.5. The summed E-state index contributed by atoms with van der Waals surface area (Å²) >= 11 is 0. The van der Waals surface area contributed by atoms with E-state index in [1.54, 1.807) is 4.57 Å². The van der Waals surface area contributed by atoms with Gasteiger partial charge in [-0.1, -0.05) is 43.9 Å². The summed E-state index contributed by atoms with van der Waals surface area (Å²) in [5.41, 5.74) is 9.90. The molecule has 32 heavy (non-hydrogen) atoms. The number of nitrogens with two attached hydrogens (primary N) is 1. The molecule has 0 atom stereocenters. The van der Waals surface area contributed by atoms with E-state index in [1.807, 2.05) is 18.2 Å². The lowest BCUT2D eigenvalue weighted by molar-refractivity contribution is 0.278. The van der Waals surface area contributed by atoms with E-state index in [-0.39, 0.29) is 5.56 Å². The summed E-state index contributed by atoms with van der Waals surface area (Å²) in [5, 5.41) is 0.866. The Labute approximate surface area is 192 Å². The average molecular weight is 441 g/mol. The van der Waals surface area contributed by atoms with Crippen LogP contribution in [-0.4, -0.2) is 17.8 Å². The summed E-state index contributed by atoms with van der Waals surface area (Å²) in [7, 11) is 0. The third-order valence-electron chi connectivity index (χ3n) is 5.43. The van der Waals surface area contributed by atoms with E-state index in [1.165, 1.54) is 11.1 Å². The number of aromatic nitrogens is 1. The van der Waals surface area contributed by atoms with Crippen molar-refractivity contribution in [2.45, 2.75) is 79.7 Å². The van der Waals surface area contributed by atoms with E-state index in [9.17, 15) is 4.79 Å². The molecule has 0 amide bonds. The van der Waals surface area contributed by atoms with Crippen molar-refractivity contribution in [3.05, 3.63) is 51.9 Å². The summed E-state index contributed by atoms with van der Waals surface area (Å²) in [6, 6.07) is 5.64. The van der Waals surface area contributed by atoms with Crippen LogP contribution in [0.4, 0.5) is 5.69 Å². The number of hydrogen-bond donors (Lipinski definition) is 1. The molecular weight excluding hydrogens is 400 g/mol. The molecule has 1 aromatic heterocycles. The van der Waals surface area contributed by atoms with Crippen LogP contribution in [0.15, 0.2) is 46.3 Å². The van der Waals surface area contributed by atoms with E-state index in [2.05, 4.69) is 46.8 Å². The highest BCUT2D eigenvalue weighted by atomic mass is 16.5. The van der Waals surface area contributed by atoms with Crippen molar-refractivity contribution in [3.63, 3.8) is 0 Å². The molecule has 0 saturated carbocycles. The highest BCUT2D eigenvalue weighted by Crippen LogP contribution is 2.34. The van der Waals surface area contributed by atoms with Crippen LogP contribution in [0.1, 0.15) is 73.1 Å². The first-order chi connectivity index (χ1) is 15.4. The lowest BCUT2D eigenvalue weighted by Crippen LogP contribution is -2.24. The van der Waals surface area contributed by atoms with Gasteiger partial charge in [0.25, 0.3) is 5.56 Å². The fourth-order valence-corrected chi connectivity index (χ4v) is 3.50. The molecule has 5 heteroatoms. The monoisotopic (exact) mass is 440 g/mol. The van der Waals surface area contributed by atoms with Gasteiger partial charge in [0.1, 0.15) is 6.61 Å². The Morgan fingerprint density at radius 3 is 2.47 bits per heavy atom. The van der Waals surface area contributed by atoms with Crippen molar-refractivity contribution in [3.8, 4) is 11.5 Å². The number of nitrogen functional groups attached to an aromatic ring is 1. The van der Waals surface area contributed by atoms with Crippen molar-refractivity contribution < 1.29 is 9.47 Å². The Morgan fingerprint density at radius 2 is 1.78 bits per heavy atom. The first-order valence-electron chi connectivity index (χ1n) is 11.9. The molecule has 1 aromatic carbocycles. The van der Waals surface area contributed by atoms with Gasteiger partial charge in [-0.2, -0.15) is 0 Å². The maximum atomic E-state index is 13.5. The number of nitrogens with zero attached hydrogens (tertiary/aromatic N) is 1. The van der Waals surface area contributed by atoms with Crippen molar-refractivity contribution in [2.75, 3.05) is 18.9 Å². The molecule has 2 rings (SSSR count). The number of unbranched alkanes of at least 4 members (excludes halogenated alkanes) is 2. The largest absolute Gasteiger partial charge is 0.489 e. The van der Waals surface area contributed by atoms with Crippen LogP contribution in [-0.2, 0) is 6.54 Å². The minimum Gasteiger partial charge on any atom is -0.489 e. The molecule has 0 spiro atoms. The second kappa shape index (κ2) is 13.0. The number of allylic oxidation sites excluding steroid dienone is 3. The maximum Gasteiger partial charge on any atom is 0.297 e. The van der Waals surface area contributed by atoms with Gasteiger partial charge >= 0.3 is 0 Å². The lowest BCUT2D eigenvalue weighted by Gasteiger charge is -2.18. The third kappa shape index (κ3) is 7.18. The van der Waals surface area contributed by atoms with Crippen LogP contribution in [0, 0.1) is 0 Å². The van der Waals surface area contributed by atoms with Gasteiger partial charge in [-0.3, -0.25) is 4.79 Å². The van der Waals surface area contributed by atoms with Crippen LogP contribution in [0.2, 0.25) is 0 Å². The normalized spacial score (nSPS) is 11.6. The van der Waals surface area contributed by atoms with Crippen molar-refractivity contribution in [1.82, 2.24) is 4.57 Å². The van der Waals surface area contributed by atoms with Crippen LogP contribution >= 0.6 is 0 Å². The fourth-order valence-electron chi connectivity index (χ4n) is 3.50. The number of aryl methyl sites for hydroxylation is 1. The molecule has 0 radical (unpaired) electrons. The summed E-state index contributed by atoms with van der Waals surface area (Å²) in [6.07, 6.45) is 10.1. The number of benzene rings is 1. The Hall–Kier alpha value is -2.69. The van der Waals surface area contributed by atoms with E-state index in [0.29, 0.717) is 36.9 Å². The Morgan fingerprint density at radius 1 is 1.03 bits per heavy atom. The van der Waals surface area contributed by atoms with E-state index < -0.39 is 0 Å². The molecule has 176 valence electrons. The van der Waals surface area contributed by atoms with Gasteiger partial charge in [-0.05, 0) is 70.7 Å². The minimum atomic E-state index is -0.154. The molecule has 1 heterocycles. The van der Waals surface area contributed by atoms with E-state index in [4.69, 9.17) is 15.2 Å². The van der Waals surface area contributed by atoms with E-state index in [0.717, 1.165) is 49.4 Å². The quantitative estimate of drug-likeness (QED) is 0.215. The molecule has 2 aromatic rings. The van der Waals surface area contributed by atoms with Crippen LogP contribution in [0.5, 0.6) is 11.5 Å². The number of rotatable bonds is 13. The van der Waals surface area contributed by atoms with Gasteiger partial charge in [-0.25, -0.2) is 0 Å². The topological polar surface area (TPSA) is 66.5 Å². The minimum absolute atomic E-state index is 0.154. The molecular formula is C27H40N2O3. The first-order valence-corrected chi connectivity index (χ1v) is 11.9. The standard InChI is InChI=1S/C27H40N2O3/c1-6-8-16-29-24-19-22(28)13-14-23(24)25(31-17-9-7-2)26(27(29)30)32-18-15-21(5)12-10-11-20(3)4/h11,13-15,19H,6-10,12,16-18,28H2,1-5H3. The molecule has 0 aliphatic carbocycles. The molecule has 0 saturated heterocycles. The SMILES string of the molecule is CCCCOc1c(OCC=C(C)CCC=C(C)C)c(=O)n(CCCC)c2cc(N)ccc12. The highest BCUT2D eigenvalue weighted by molar-refractivity contribution is 5.90. The number of pyridine rings is 1. The van der Waals surface area contributed by atoms with Gasteiger partial charge in [0.2, 0.25) is 5.75 Å². The first kappa shape index (κ1) is 25.6. The zero-order valence-corrected chi connectivity index (χ0v) is 20.5. The zero-order chi connectivity index (χ0) is 23.5. The van der Waals surface area contributed by atoms with Gasteiger partial charge in [0.05, 0.1) is 12.1 Å². The van der Waals surface area contributed by atoms with E-state index >= 15 is 0 Å². The Balaban J connectivity index is 2.43. The van der Waals surface area contributed by atoms with Crippen molar-refractivity contribution >= 4 is 16.6 Å². The molecule has 2 N–H and O–H groups in total. The zero-order valence-electron chi connectivity index (χ0n) is 20.5. The number of hydrogen-bond acceptors (Lipinski definition) is 4. The number of ether oxygens (including phenoxy) is 2. The van der Waals surface area contributed by atoms with Gasteiger partial charge in [-0.15, -0.1) is 0 Å². The Bertz CT molecular complexity index is 998. The highest BCUT2D eigenvalue weighted by Gasteiger charge is 2.19. The molecule has 0 aliphatic rings. The number of fused-ring (bicyclic) bond motifs is 1. The second-order valence-electron chi connectivity index (χ2n) is 8.63. The van der Waals surface area contributed by atoms with Crippen LogP contribution in [0.3, 0.4) is 0 Å². The van der Waals surface area contributed by atoms with Crippen molar-refractivity contribution in [2.24, 2.45) is 0 Å².